The van der Waals surface area contributed by atoms with Crippen molar-refractivity contribution in [2.24, 2.45) is 11.8 Å². The first kappa shape index (κ1) is 15.7. The zero-order valence-corrected chi connectivity index (χ0v) is 13.7. The summed E-state index contributed by atoms with van der Waals surface area (Å²) in [5.74, 6) is -0.266. The number of halogens is 1. The number of benzene rings is 1. The smallest absolute Gasteiger partial charge is 0.407 e. The van der Waals surface area contributed by atoms with Gasteiger partial charge in [0.15, 0.2) is 0 Å². The molecule has 1 aliphatic heterocycles. The van der Waals surface area contributed by atoms with Crippen LogP contribution in [0.5, 0.6) is 0 Å². The number of carbonyl (C=O) groups is 2. The topological polar surface area (TPSA) is 104 Å². The van der Waals surface area contributed by atoms with E-state index < -0.39 is 12.2 Å². The Morgan fingerprint density at radius 2 is 2.28 bits per heavy atom. The average Bonchev–Trinajstić information content (AvgIpc) is 3.27. The summed E-state index contributed by atoms with van der Waals surface area (Å²) in [5, 5.41) is 16.2. The second-order valence-electron chi connectivity index (χ2n) is 6.14. The molecule has 1 aliphatic carbocycles. The van der Waals surface area contributed by atoms with Gasteiger partial charge in [-0.3, -0.25) is 4.79 Å². The van der Waals surface area contributed by atoms with Crippen molar-refractivity contribution in [3.05, 3.63) is 35.0 Å². The summed E-state index contributed by atoms with van der Waals surface area (Å²) >= 11 is 6.31. The summed E-state index contributed by atoms with van der Waals surface area (Å²) in [6, 6.07) is 7.41. The quantitative estimate of drug-likeness (QED) is 0.879. The van der Waals surface area contributed by atoms with E-state index in [1.54, 1.807) is 18.3 Å². The Hall–Kier alpha value is -2.85. The minimum absolute atomic E-state index is 0.199. The first-order valence-corrected chi connectivity index (χ1v) is 8.17. The lowest BCUT2D eigenvalue weighted by Gasteiger charge is -2.11. The van der Waals surface area contributed by atoms with Crippen LogP contribution < -0.4 is 10.6 Å². The number of hydrogen-bond acceptors (Lipinski definition) is 5. The highest BCUT2D eigenvalue weighted by Gasteiger charge is 2.43. The first-order valence-electron chi connectivity index (χ1n) is 7.79. The lowest BCUT2D eigenvalue weighted by molar-refractivity contribution is -0.117. The molecule has 2 amide bonds. The maximum atomic E-state index is 12.1. The van der Waals surface area contributed by atoms with E-state index in [9.17, 15) is 9.59 Å². The van der Waals surface area contributed by atoms with E-state index >= 15 is 0 Å². The minimum Gasteiger partial charge on any atom is -0.439 e. The number of alkyl carbamates (subject to hydrolysis) is 1. The fourth-order valence-electron chi connectivity index (χ4n) is 2.91. The van der Waals surface area contributed by atoms with Crippen LogP contribution in [0.3, 0.4) is 0 Å². The largest absolute Gasteiger partial charge is 0.439 e. The Kier molecular flexibility index (Phi) is 3.70. The molecule has 126 valence electrons. The summed E-state index contributed by atoms with van der Waals surface area (Å²) in [6.45, 7) is 0.382. The van der Waals surface area contributed by atoms with Crippen molar-refractivity contribution < 1.29 is 14.3 Å². The van der Waals surface area contributed by atoms with Gasteiger partial charge in [-0.25, -0.2) is 9.78 Å². The molecule has 2 aliphatic rings. The number of nitrogens with one attached hydrogen (secondary N) is 2. The molecule has 1 aromatic carbocycles. The van der Waals surface area contributed by atoms with Crippen LogP contribution in [0.4, 0.5) is 10.6 Å². The number of cyclic esters (lactones) is 1. The predicted octanol–water partition coefficient (Wildman–Crippen LogP) is 2.77. The Bertz CT molecular complexity index is 939. The number of nitriles is 1. The van der Waals surface area contributed by atoms with Crippen molar-refractivity contribution in [1.29, 1.82) is 5.26 Å². The Labute approximate surface area is 147 Å². The monoisotopic (exact) mass is 356 g/mol. The number of fused-ring (bicyclic) bond motifs is 1. The van der Waals surface area contributed by atoms with Gasteiger partial charge in [0.25, 0.3) is 0 Å². The first-order chi connectivity index (χ1) is 12.0. The highest BCUT2D eigenvalue weighted by atomic mass is 35.5. The van der Waals surface area contributed by atoms with Crippen LogP contribution in [0.15, 0.2) is 24.4 Å². The molecule has 7 nitrogen and oxygen atoms in total. The van der Waals surface area contributed by atoms with Crippen LogP contribution in [0.1, 0.15) is 18.1 Å². The van der Waals surface area contributed by atoms with Crippen molar-refractivity contribution >= 4 is 40.2 Å². The molecule has 2 fully saturated rings. The average molecular weight is 357 g/mol. The number of anilines is 1. The molecule has 0 spiro atoms. The van der Waals surface area contributed by atoms with E-state index in [0.717, 1.165) is 16.3 Å². The third-order valence-electron chi connectivity index (χ3n) is 4.41. The van der Waals surface area contributed by atoms with Crippen LogP contribution in [0.25, 0.3) is 10.8 Å². The van der Waals surface area contributed by atoms with Gasteiger partial charge in [-0.1, -0.05) is 11.6 Å². The maximum absolute atomic E-state index is 12.1. The number of nitrogens with zero attached hydrogens (tertiary/aromatic N) is 2. The summed E-state index contributed by atoms with van der Waals surface area (Å²) < 4.78 is 5.19. The van der Waals surface area contributed by atoms with Gasteiger partial charge in [0.2, 0.25) is 5.91 Å². The number of carbonyl (C=O) groups excluding carboxylic acids is 2. The molecule has 25 heavy (non-hydrogen) atoms. The number of hydrogen-bond donors (Lipinski definition) is 2. The highest BCUT2D eigenvalue weighted by Crippen LogP contribution is 2.38. The maximum Gasteiger partial charge on any atom is 0.407 e. The fourth-order valence-corrected chi connectivity index (χ4v) is 3.19. The lowest BCUT2D eigenvalue weighted by atomic mass is 10.0. The molecule has 8 heteroatoms. The van der Waals surface area contributed by atoms with Crippen LogP contribution in [-0.4, -0.2) is 23.5 Å². The lowest BCUT2D eigenvalue weighted by Crippen LogP contribution is -2.15. The molecule has 2 aromatic rings. The fraction of sp³-hybridized carbons (Fsp3) is 0.294. The van der Waals surface area contributed by atoms with E-state index in [1.807, 2.05) is 6.07 Å². The van der Waals surface area contributed by atoms with Crippen molar-refractivity contribution in [1.82, 2.24) is 10.3 Å². The van der Waals surface area contributed by atoms with Crippen LogP contribution in [-0.2, 0) is 9.53 Å². The Balaban J connectivity index is 1.61. The molecule has 2 heterocycles. The van der Waals surface area contributed by atoms with E-state index in [4.69, 9.17) is 21.6 Å². The van der Waals surface area contributed by atoms with Gasteiger partial charge in [0.05, 0.1) is 29.5 Å². The van der Waals surface area contributed by atoms with Crippen molar-refractivity contribution in [2.45, 2.75) is 12.5 Å². The van der Waals surface area contributed by atoms with Gasteiger partial charge >= 0.3 is 6.09 Å². The molecular weight excluding hydrogens is 344 g/mol. The van der Waals surface area contributed by atoms with E-state index in [2.05, 4.69) is 21.7 Å². The number of ether oxygens (including phenoxy) is 1. The van der Waals surface area contributed by atoms with Crippen molar-refractivity contribution in [2.75, 3.05) is 11.9 Å². The van der Waals surface area contributed by atoms with Gasteiger partial charge in [-0.2, -0.15) is 5.26 Å². The molecule has 1 aromatic heterocycles. The zero-order valence-electron chi connectivity index (χ0n) is 13.0. The molecule has 2 N–H and O–H groups in total. The summed E-state index contributed by atoms with van der Waals surface area (Å²) in [4.78, 5) is 27.5. The van der Waals surface area contributed by atoms with Crippen LogP contribution in [0.2, 0.25) is 5.02 Å². The van der Waals surface area contributed by atoms with Gasteiger partial charge in [0, 0.05) is 11.6 Å². The Morgan fingerprint density at radius 3 is 2.96 bits per heavy atom. The van der Waals surface area contributed by atoms with Gasteiger partial charge in [0.1, 0.15) is 11.9 Å². The van der Waals surface area contributed by atoms with Crippen LogP contribution in [0, 0.1) is 23.2 Å². The number of amides is 2. The predicted molar refractivity (Wildman–Crippen MR) is 89.8 cm³/mol. The van der Waals surface area contributed by atoms with Crippen molar-refractivity contribution in [3.63, 3.8) is 0 Å². The number of pyridine rings is 1. The molecule has 0 radical (unpaired) electrons. The highest BCUT2D eigenvalue weighted by molar-refractivity contribution is 6.35. The summed E-state index contributed by atoms with van der Waals surface area (Å²) in [5.41, 5.74) is 0.770. The standard InChI is InChI=1S/C17H13ClN4O3/c18-13-3-9(14-7-21-17(24)25-14)1-8-4-15(20-6-12(8)13)22-16(23)11-2-10(11)5-19/h1,3-4,6,10-11,14H,2,7H2,(H,21,24)(H,20,22,23)/t10-,11+,14?/m0/s1. The number of rotatable bonds is 3. The third-order valence-corrected chi connectivity index (χ3v) is 4.72. The number of aromatic nitrogens is 1. The summed E-state index contributed by atoms with van der Waals surface area (Å²) in [7, 11) is 0. The molecule has 1 saturated carbocycles. The molecule has 3 atom stereocenters. The molecule has 0 bridgehead atoms. The summed E-state index contributed by atoms with van der Waals surface area (Å²) in [6.07, 6.45) is 1.32. The van der Waals surface area contributed by atoms with E-state index in [-0.39, 0.29) is 17.7 Å². The molecule has 1 unspecified atom stereocenters. The second kappa shape index (κ2) is 5.90. The SMILES string of the molecule is N#C[C@@H]1C[C@H]1C(=O)Nc1cc2cc(C3CNC(=O)O3)cc(Cl)c2cn1. The van der Waals surface area contributed by atoms with Gasteiger partial charge in [-0.05, 0) is 35.6 Å². The van der Waals surface area contributed by atoms with Gasteiger partial charge < -0.3 is 15.4 Å². The minimum atomic E-state index is -0.458. The second-order valence-corrected chi connectivity index (χ2v) is 6.54. The van der Waals surface area contributed by atoms with E-state index in [0.29, 0.717) is 23.8 Å². The molecular formula is C17H13ClN4O3. The third kappa shape index (κ3) is 2.96. The van der Waals surface area contributed by atoms with Gasteiger partial charge in [-0.15, -0.1) is 0 Å². The normalized spacial score (nSPS) is 24.3. The zero-order chi connectivity index (χ0) is 17.6. The van der Waals surface area contributed by atoms with E-state index in [1.165, 1.54) is 0 Å². The molecule has 4 rings (SSSR count). The van der Waals surface area contributed by atoms with Crippen molar-refractivity contribution in [3.8, 4) is 6.07 Å². The molecule has 1 saturated heterocycles. The van der Waals surface area contributed by atoms with Crippen LogP contribution >= 0.6 is 11.6 Å². The Morgan fingerprint density at radius 1 is 1.44 bits per heavy atom.